The van der Waals surface area contributed by atoms with E-state index in [2.05, 4.69) is 0 Å². The minimum atomic E-state index is -0.414. The number of furan rings is 2. The second kappa shape index (κ2) is 4.53. The molecule has 0 radical (unpaired) electrons. The van der Waals surface area contributed by atoms with Gasteiger partial charge in [0.15, 0.2) is 11.3 Å². The fraction of sp³-hybridized carbons (Fsp3) is 0.444. The van der Waals surface area contributed by atoms with Gasteiger partial charge in [0.05, 0.1) is 5.39 Å². The topological polar surface area (TPSA) is 72.5 Å². The lowest BCUT2D eigenvalue weighted by Crippen LogP contribution is -2.38. The van der Waals surface area contributed by atoms with E-state index in [4.69, 9.17) is 14.6 Å². The van der Waals surface area contributed by atoms with Gasteiger partial charge in [-0.05, 0) is 38.8 Å². The van der Waals surface area contributed by atoms with E-state index in [-0.39, 0.29) is 5.75 Å². The number of fused-ring (bicyclic) bond motifs is 2. The van der Waals surface area contributed by atoms with E-state index in [1.54, 1.807) is 0 Å². The van der Waals surface area contributed by atoms with Crippen molar-refractivity contribution in [3.05, 3.63) is 29.2 Å². The molecule has 3 N–H and O–H groups in total. The first kappa shape index (κ1) is 13.7. The van der Waals surface area contributed by atoms with Gasteiger partial charge in [0.1, 0.15) is 17.1 Å². The van der Waals surface area contributed by atoms with Crippen molar-refractivity contribution in [3.8, 4) is 5.75 Å². The molecule has 0 unspecified atom stereocenters. The first-order chi connectivity index (χ1) is 10.5. The van der Waals surface area contributed by atoms with E-state index in [9.17, 15) is 5.11 Å². The van der Waals surface area contributed by atoms with Crippen molar-refractivity contribution in [2.75, 3.05) is 0 Å². The quantitative estimate of drug-likeness (QED) is 0.687. The summed E-state index contributed by atoms with van der Waals surface area (Å²) in [6.07, 6.45) is 5.34. The van der Waals surface area contributed by atoms with Crippen LogP contribution in [-0.2, 0) is 5.54 Å². The summed E-state index contributed by atoms with van der Waals surface area (Å²) in [6, 6.07) is 3.82. The molecule has 1 aliphatic carbocycles. The molecule has 2 heterocycles. The van der Waals surface area contributed by atoms with Crippen LogP contribution >= 0.6 is 0 Å². The van der Waals surface area contributed by atoms with Gasteiger partial charge >= 0.3 is 0 Å². The number of nitrogens with two attached hydrogens (primary N) is 1. The van der Waals surface area contributed by atoms with Gasteiger partial charge in [-0.15, -0.1) is 0 Å². The monoisotopic (exact) mass is 299 g/mol. The Morgan fingerprint density at radius 3 is 2.23 bits per heavy atom. The zero-order chi connectivity index (χ0) is 15.5. The second-order valence-electron chi connectivity index (χ2n) is 6.64. The van der Waals surface area contributed by atoms with Crippen LogP contribution in [0.5, 0.6) is 5.75 Å². The minimum Gasteiger partial charge on any atom is -0.504 e. The Bertz CT molecular complexity index is 808. The van der Waals surface area contributed by atoms with E-state index >= 15 is 0 Å². The third kappa shape index (κ3) is 1.80. The summed E-state index contributed by atoms with van der Waals surface area (Å²) in [7, 11) is 0. The molecule has 0 atom stereocenters. The van der Waals surface area contributed by atoms with Gasteiger partial charge in [0, 0.05) is 16.5 Å². The second-order valence-corrected chi connectivity index (χ2v) is 6.64. The highest BCUT2D eigenvalue weighted by atomic mass is 16.4. The van der Waals surface area contributed by atoms with Crippen molar-refractivity contribution in [1.29, 1.82) is 0 Å². The van der Waals surface area contributed by atoms with Crippen molar-refractivity contribution in [2.24, 2.45) is 5.73 Å². The number of aryl methyl sites for hydroxylation is 2. The van der Waals surface area contributed by atoms with Crippen LogP contribution in [0.25, 0.3) is 21.9 Å². The molecule has 0 amide bonds. The molecule has 2 aromatic heterocycles. The molecule has 0 bridgehead atoms. The van der Waals surface area contributed by atoms with E-state index < -0.39 is 5.54 Å². The predicted molar refractivity (Wildman–Crippen MR) is 86.1 cm³/mol. The molecule has 1 saturated carbocycles. The summed E-state index contributed by atoms with van der Waals surface area (Å²) in [5, 5.41) is 12.1. The van der Waals surface area contributed by atoms with Gasteiger partial charge in [0.25, 0.3) is 0 Å². The van der Waals surface area contributed by atoms with Crippen molar-refractivity contribution in [3.63, 3.8) is 0 Å². The molecular formula is C18H21NO3. The Hall–Kier alpha value is -1.94. The van der Waals surface area contributed by atoms with Gasteiger partial charge in [0.2, 0.25) is 0 Å². The fourth-order valence-corrected chi connectivity index (χ4v) is 3.92. The van der Waals surface area contributed by atoms with Crippen LogP contribution in [0.4, 0.5) is 0 Å². The number of aromatic hydroxyl groups is 1. The molecule has 4 rings (SSSR count). The number of phenols is 1. The Morgan fingerprint density at radius 1 is 0.955 bits per heavy atom. The number of benzene rings is 1. The molecule has 1 aromatic carbocycles. The zero-order valence-corrected chi connectivity index (χ0v) is 13.0. The zero-order valence-electron chi connectivity index (χ0n) is 13.0. The summed E-state index contributed by atoms with van der Waals surface area (Å²) in [6.45, 7) is 3.78. The average Bonchev–Trinajstić information content (AvgIpc) is 3.02. The molecule has 3 aromatic rings. The van der Waals surface area contributed by atoms with Crippen molar-refractivity contribution in [1.82, 2.24) is 0 Å². The molecule has 4 heteroatoms. The molecular weight excluding hydrogens is 278 g/mol. The van der Waals surface area contributed by atoms with Crippen molar-refractivity contribution in [2.45, 2.75) is 51.5 Å². The van der Waals surface area contributed by atoms with Gasteiger partial charge in [-0.25, -0.2) is 0 Å². The molecule has 1 fully saturated rings. The van der Waals surface area contributed by atoms with Crippen molar-refractivity contribution < 1.29 is 13.9 Å². The average molecular weight is 299 g/mol. The Balaban J connectivity index is 2.14. The van der Waals surface area contributed by atoms with E-state index in [1.807, 2.05) is 26.0 Å². The number of rotatable bonds is 1. The smallest absolute Gasteiger partial charge is 0.177 e. The van der Waals surface area contributed by atoms with Gasteiger partial charge < -0.3 is 19.7 Å². The lowest BCUT2D eigenvalue weighted by molar-refractivity contribution is 0.303. The lowest BCUT2D eigenvalue weighted by Gasteiger charge is -2.34. The summed E-state index contributed by atoms with van der Waals surface area (Å²) in [5.74, 6) is 1.70. The normalized spacial score (nSPS) is 18.3. The molecule has 4 nitrogen and oxygen atoms in total. The lowest BCUT2D eigenvalue weighted by atomic mass is 9.76. The molecule has 116 valence electrons. The summed E-state index contributed by atoms with van der Waals surface area (Å²) in [5.41, 5.74) is 8.62. The standard InChI is InChI=1S/C18H21NO3/c1-10-8-12-14(18(19)6-4-3-5-7-18)16-13(9-11(2)21-16)15(20)17(12)22-10/h8-9,20H,3-7,19H2,1-2H3. The van der Waals surface area contributed by atoms with Crippen LogP contribution in [-0.4, -0.2) is 5.11 Å². The Kier molecular flexibility index (Phi) is 2.82. The highest BCUT2D eigenvalue weighted by Gasteiger charge is 2.36. The van der Waals surface area contributed by atoms with Crippen LogP contribution in [0, 0.1) is 13.8 Å². The molecule has 0 aliphatic heterocycles. The SMILES string of the molecule is Cc1cc2c(C3(N)CCCCC3)c3oc(C)cc3c(O)c2o1. The first-order valence-corrected chi connectivity index (χ1v) is 7.94. The van der Waals surface area contributed by atoms with Crippen LogP contribution in [0.15, 0.2) is 21.0 Å². The van der Waals surface area contributed by atoms with Gasteiger partial charge in [-0.2, -0.15) is 0 Å². The minimum absolute atomic E-state index is 0.151. The van der Waals surface area contributed by atoms with E-state index in [0.717, 1.165) is 48.2 Å². The van der Waals surface area contributed by atoms with E-state index in [0.29, 0.717) is 16.6 Å². The summed E-state index contributed by atoms with van der Waals surface area (Å²) >= 11 is 0. The maximum atomic E-state index is 10.5. The molecule has 0 spiro atoms. The highest BCUT2D eigenvalue weighted by molar-refractivity contribution is 6.05. The number of hydrogen-bond donors (Lipinski definition) is 2. The largest absolute Gasteiger partial charge is 0.504 e. The molecule has 1 aliphatic rings. The van der Waals surface area contributed by atoms with Gasteiger partial charge in [-0.3, -0.25) is 0 Å². The van der Waals surface area contributed by atoms with E-state index in [1.165, 1.54) is 6.42 Å². The number of phenolic OH excluding ortho intramolecular Hbond substituents is 1. The summed E-state index contributed by atoms with van der Waals surface area (Å²) < 4.78 is 11.7. The van der Waals surface area contributed by atoms with Gasteiger partial charge in [-0.1, -0.05) is 19.3 Å². The molecule has 0 saturated heterocycles. The third-order valence-electron chi connectivity index (χ3n) is 4.92. The van der Waals surface area contributed by atoms with Crippen LogP contribution in [0.3, 0.4) is 0 Å². The maximum Gasteiger partial charge on any atom is 0.177 e. The predicted octanol–water partition coefficient (Wildman–Crippen LogP) is 4.62. The Labute approximate surface area is 128 Å². The Morgan fingerprint density at radius 2 is 1.55 bits per heavy atom. The third-order valence-corrected chi connectivity index (χ3v) is 4.92. The maximum absolute atomic E-state index is 10.5. The van der Waals surface area contributed by atoms with Crippen LogP contribution in [0.2, 0.25) is 0 Å². The van der Waals surface area contributed by atoms with Crippen molar-refractivity contribution >= 4 is 21.9 Å². The fourth-order valence-electron chi connectivity index (χ4n) is 3.92. The highest BCUT2D eigenvalue weighted by Crippen LogP contribution is 2.47. The summed E-state index contributed by atoms with van der Waals surface area (Å²) in [4.78, 5) is 0. The first-order valence-electron chi connectivity index (χ1n) is 7.94. The van der Waals surface area contributed by atoms with Crippen LogP contribution in [0.1, 0.15) is 49.2 Å². The number of hydrogen-bond acceptors (Lipinski definition) is 4. The molecule has 22 heavy (non-hydrogen) atoms. The van der Waals surface area contributed by atoms with Crippen LogP contribution < -0.4 is 5.73 Å².